The summed E-state index contributed by atoms with van der Waals surface area (Å²) < 4.78 is 25.5. The number of aliphatic carboxylic acids is 1. The molecule has 0 aliphatic carbocycles. The first-order chi connectivity index (χ1) is 6.96. The standard InChI is InChI=1S/C10H21NO4S/c1-7(2)6-16(14,15)11-8(9(12)13)10(3,4)5/h7-8,11H,6H2,1-5H3,(H,12,13)/t8-/m1/s1. The topological polar surface area (TPSA) is 83.5 Å². The fraction of sp³-hybridized carbons (Fsp3) is 0.900. The van der Waals surface area contributed by atoms with E-state index < -0.39 is 27.4 Å². The molecule has 0 bridgehead atoms. The highest BCUT2D eigenvalue weighted by Gasteiger charge is 2.34. The van der Waals surface area contributed by atoms with Crippen molar-refractivity contribution in [1.82, 2.24) is 4.72 Å². The summed E-state index contributed by atoms with van der Waals surface area (Å²) in [6.07, 6.45) is 0. The summed E-state index contributed by atoms with van der Waals surface area (Å²) in [5, 5.41) is 8.98. The minimum atomic E-state index is -3.54. The monoisotopic (exact) mass is 251 g/mol. The molecule has 0 aliphatic rings. The van der Waals surface area contributed by atoms with Gasteiger partial charge in [-0.2, -0.15) is 0 Å². The van der Waals surface area contributed by atoms with Crippen LogP contribution in [0.2, 0.25) is 0 Å². The van der Waals surface area contributed by atoms with E-state index >= 15 is 0 Å². The lowest BCUT2D eigenvalue weighted by Gasteiger charge is -2.27. The molecule has 0 saturated heterocycles. The van der Waals surface area contributed by atoms with Crippen molar-refractivity contribution in [3.63, 3.8) is 0 Å². The van der Waals surface area contributed by atoms with E-state index in [4.69, 9.17) is 5.11 Å². The Bertz CT molecular complexity index is 340. The lowest BCUT2D eigenvalue weighted by molar-refractivity contribution is -0.141. The molecule has 0 unspecified atom stereocenters. The zero-order chi connectivity index (χ0) is 13.1. The van der Waals surface area contributed by atoms with Crippen LogP contribution in [0.3, 0.4) is 0 Å². The minimum absolute atomic E-state index is 0.0353. The van der Waals surface area contributed by atoms with Gasteiger partial charge in [0.2, 0.25) is 10.0 Å². The normalized spacial score (nSPS) is 15.1. The first kappa shape index (κ1) is 15.4. The highest BCUT2D eigenvalue weighted by Crippen LogP contribution is 2.20. The van der Waals surface area contributed by atoms with Gasteiger partial charge >= 0.3 is 5.97 Å². The van der Waals surface area contributed by atoms with E-state index in [9.17, 15) is 13.2 Å². The molecule has 0 aromatic carbocycles. The van der Waals surface area contributed by atoms with Crippen molar-refractivity contribution in [2.24, 2.45) is 11.3 Å². The molecule has 0 heterocycles. The molecule has 0 aliphatic heterocycles. The van der Waals surface area contributed by atoms with Crippen LogP contribution in [0.15, 0.2) is 0 Å². The third-order valence-electron chi connectivity index (χ3n) is 1.96. The van der Waals surface area contributed by atoms with Crippen molar-refractivity contribution in [1.29, 1.82) is 0 Å². The van der Waals surface area contributed by atoms with Crippen molar-refractivity contribution in [2.75, 3.05) is 5.75 Å². The molecule has 5 nitrogen and oxygen atoms in total. The van der Waals surface area contributed by atoms with Gasteiger partial charge in [0.1, 0.15) is 6.04 Å². The second kappa shape index (κ2) is 5.14. The Labute approximate surface area is 97.3 Å². The van der Waals surface area contributed by atoms with Crippen LogP contribution in [-0.4, -0.2) is 31.3 Å². The van der Waals surface area contributed by atoms with E-state index in [0.29, 0.717) is 0 Å². The molecule has 96 valence electrons. The van der Waals surface area contributed by atoms with Crippen LogP contribution >= 0.6 is 0 Å². The number of rotatable bonds is 5. The quantitative estimate of drug-likeness (QED) is 0.765. The smallest absolute Gasteiger partial charge is 0.322 e. The fourth-order valence-corrected chi connectivity index (χ4v) is 3.05. The number of sulfonamides is 1. The van der Waals surface area contributed by atoms with Crippen molar-refractivity contribution in [3.05, 3.63) is 0 Å². The van der Waals surface area contributed by atoms with Crippen LogP contribution in [0, 0.1) is 11.3 Å². The molecule has 2 N–H and O–H groups in total. The summed E-state index contributed by atoms with van der Waals surface area (Å²) in [5.41, 5.74) is -0.657. The Morgan fingerprint density at radius 3 is 2.00 bits per heavy atom. The lowest BCUT2D eigenvalue weighted by atomic mass is 9.88. The van der Waals surface area contributed by atoms with E-state index in [1.165, 1.54) is 0 Å². The van der Waals surface area contributed by atoms with Gasteiger partial charge in [0.05, 0.1) is 5.75 Å². The van der Waals surface area contributed by atoms with Crippen LogP contribution in [0.4, 0.5) is 0 Å². The highest BCUT2D eigenvalue weighted by molar-refractivity contribution is 7.89. The Morgan fingerprint density at radius 2 is 1.75 bits per heavy atom. The number of hydrogen-bond acceptors (Lipinski definition) is 3. The zero-order valence-corrected chi connectivity index (χ0v) is 11.3. The van der Waals surface area contributed by atoms with Crippen molar-refractivity contribution in [3.8, 4) is 0 Å². The minimum Gasteiger partial charge on any atom is -0.480 e. The zero-order valence-electron chi connectivity index (χ0n) is 10.4. The van der Waals surface area contributed by atoms with Crippen LogP contribution in [0.25, 0.3) is 0 Å². The first-order valence-electron chi connectivity index (χ1n) is 5.18. The molecule has 0 aromatic rings. The van der Waals surface area contributed by atoms with Crippen LogP contribution in [0.5, 0.6) is 0 Å². The Kier molecular flexibility index (Phi) is 4.94. The predicted molar refractivity (Wildman–Crippen MR) is 62.6 cm³/mol. The molecule has 0 saturated carbocycles. The largest absolute Gasteiger partial charge is 0.480 e. The molecular weight excluding hydrogens is 230 g/mol. The Morgan fingerprint density at radius 1 is 1.31 bits per heavy atom. The maximum absolute atomic E-state index is 11.6. The van der Waals surface area contributed by atoms with Gasteiger partial charge in [-0.15, -0.1) is 0 Å². The molecule has 0 amide bonds. The number of carboxylic acids is 1. The van der Waals surface area contributed by atoms with Gasteiger partial charge in [0, 0.05) is 0 Å². The number of nitrogens with one attached hydrogen (secondary N) is 1. The van der Waals surface area contributed by atoms with E-state index in [1.54, 1.807) is 34.6 Å². The second-order valence-corrected chi connectivity index (χ2v) is 7.23. The van der Waals surface area contributed by atoms with Gasteiger partial charge in [-0.3, -0.25) is 4.79 Å². The van der Waals surface area contributed by atoms with E-state index in [-0.39, 0.29) is 11.7 Å². The van der Waals surface area contributed by atoms with E-state index in [1.807, 2.05) is 0 Å². The lowest BCUT2D eigenvalue weighted by Crippen LogP contribution is -2.50. The molecule has 6 heteroatoms. The van der Waals surface area contributed by atoms with E-state index in [0.717, 1.165) is 0 Å². The molecule has 0 rings (SSSR count). The molecule has 0 spiro atoms. The average Bonchev–Trinajstić information content (AvgIpc) is 1.94. The summed E-state index contributed by atoms with van der Waals surface area (Å²) in [6, 6.07) is -1.10. The Hall–Kier alpha value is -0.620. The van der Waals surface area contributed by atoms with Gasteiger partial charge in [0.25, 0.3) is 0 Å². The number of hydrogen-bond donors (Lipinski definition) is 2. The third kappa shape index (κ3) is 5.46. The van der Waals surface area contributed by atoms with E-state index in [2.05, 4.69) is 4.72 Å². The summed E-state index contributed by atoms with van der Waals surface area (Å²) in [6.45, 7) is 8.59. The second-order valence-electron chi connectivity index (χ2n) is 5.43. The number of carboxylic acid groups (broad SMARTS) is 1. The third-order valence-corrected chi connectivity index (χ3v) is 3.66. The molecule has 1 atom stereocenters. The fourth-order valence-electron chi connectivity index (χ4n) is 1.26. The van der Waals surface area contributed by atoms with Crippen LogP contribution in [0.1, 0.15) is 34.6 Å². The van der Waals surface area contributed by atoms with Gasteiger partial charge in [-0.1, -0.05) is 34.6 Å². The highest BCUT2D eigenvalue weighted by atomic mass is 32.2. The summed E-state index contributed by atoms with van der Waals surface area (Å²) >= 11 is 0. The molecule has 0 radical (unpaired) electrons. The molecule has 0 fully saturated rings. The van der Waals surface area contributed by atoms with Gasteiger partial charge in [-0.25, -0.2) is 13.1 Å². The molecular formula is C10H21NO4S. The SMILES string of the molecule is CC(C)CS(=O)(=O)N[C@H](C(=O)O)C(C)(C)C. The molecule has 0 aromatic heterocycles. The van der Waals surface area contributed by atoms with Gasteiger partial charge < -0.3 is 5.11 Å². The maximum Gasteiger partial charge on any atom is 0.322 e. The summed E-state index contributed by atoms with van der Waals surface area (Å²) in [7, 11) is -3.54. The van der Waals surface area contributed by atoms with Crippen molar-refractivity contribution < 1.29 is 18.3 Å². The summed E-state index contributed by atoms with van der Waals surface area (Å²) in [4.78, 5) is 11.0. The van der Waals surface area contributed by atoms with Crippen LogP contribution in [-0.2, 0) is 14.8 Å². The van der Waals surface area contributed by atoms with Crippen LogP contribution < -0.4 is 4.72 Å². The predicted octanol–water partition coefficient (Wildman–Crippen LogP) is 1.06. The number of carbonyl (C=O) groups is 1. The Balaban J connectivity index is 4.85. The average molecular weight is 251 g/mol. The molecule has 16 heavy (non-hydrogen) atoms. The van der Waals surface area contributed by atoms with Gasteiger partial charge in [0.15, 0.2) is 0 Å². The van der Waals surface area contributed by atoms with Crippen molar-refractivity contribution >= 4 is 16.0 Å². The first-order valence-corrected chi connectivity index (χ1v) is 6.84. The summed E-state index contributed by atoms with van der Waals surface area (Å²) in [5.74, 6) is -1.25. The maximum atomic E-state index is 11.6. The van der Waals surface area contributed by atoms with Gasteiger partial charge in [-0.05, 0) is 11.3 Å². The van der Waals surface area contributed by atoms with Crippen molar-refractivity contribution in [2.45, 2.75) is 40.7 Å².